The van der Waals surface area contributed by atoms with Gasteiger partial charge in [0.25, 0.3) is 0 Å². The highest BCUT2D eigenvalue weighted by atomic mass is 32.2. The van der Waals surface area contributed by atoms with Crippen molar-refractivity contribution in [2.75, 3.05) is 19.8 Å². The SMILES string of the molecule is CN(C)C(=O)Cn1nnnc1SCC(=O)O. The molecule has 0 fully saturated rings. The van der Waals surface area contributed by atoms with Crippen molar-refractivity contribution in [2.24, 2.45) is 0 Å². The minimum atomic E-state index is -0.960. The molecule has 1 aromatic heterocycles. The number of thioether (sulfide) groups is 1. The number of amides is 1. The van der Waals surface area contributed by atoms with Gasteiger partial charge in [0.1, 0.15) is 6.54 Å². The van der Waals surface area contributed by atoms with Gasteiger partial charge in [0.05, 0.1) is 5.75 Å². The fraction of sp³-hybridized carbons (Fsp3) is 0.571. The lowest BCUT2D eigenvalue weighted by atomic mass is 10.5. The number of carbonyl (C=O) groups is 2. The monoisotopic (exact) mass is 245 g/mol. The van der Waals surface area contributed by atoms with Gasteiger partial charge in [-0.2, -0.15) is 0 Å². The van der Waals surface area contributed by atoms with E-state index in [2.05, 4.69) is 15.5 Å². The van der Waals surface area contributed by atoms with E-state index in [1.165, 1.54) is 9.58 Å². The summed E-state index contributed by atoms with van der Waals surface area (Å²) >= 11 is 0.972. The van der Waals surface area contributed by atoms with Gasteiger partial charge in [0.2, 0.25) is 11.1 Å². The van der Waals surface area contributed by atoms with Crippen LogP contribution in [0.4, 0.5) is 0 Å². The summed E-state index contributed by atoms with van der Waals surface area (Å²) in [7, 11) is 3.24. The molecule has 0 spiro atoms. The molecule has 1 heterocycles. The van der Waals surface area contributed by atoms with Crippen LogP contribution in [0.1, 0.15) is 0 Å². The number of hydrogen-bond acceptors (Lipinski definition) is 6. The van der Waals surface area contributed by atoms with Crippen LogP contribution < -0.4 is 0 Å². The van der Waals surface area contributed by atoms with E-state index in [9.17, 15) is 9.59 Å². The zero-order chi connectivity index (χ0) is 12.1. The molecule has 0 atom stereocenters. The first kappa shape index (κ1) is 12.4. The predicted molar refractivity (Wildman–Crippen MR) is 54.9 cm³/mol. The van der Waals surface area contributed by atoms with Crippen LogP contribution in [0.5, 0.6) is 0 Å². The summed E-state index contributed by atoms with van der Waals surface area (Å²) in [4.78, 5) is 23.2. The molecule has 0 saturated carbocycles. The first-order valence-corrected chi connectivity index (χ1v) is 5.30. The van der Waals surface area contributed by atoms with Crippen LogP contribution in [0.15, 0.2) is 5.16 Å². The molecule has 0 saturated heterocycles. The Morgan fingerprint density at radius 3 is 2.75 bits per heavy atom. The zero-order valence-corrected chi connectivity index (χ0v) is 9.64. The van der Waals surface area contributed by atoms with Crippen LogP contribution in [0.3, 0.4) is 0 Å². The molecule has 0 aliphatic carbocycles. The second-order valence-electron chi connectivity index (χ2n) is 3.09. The topological polar surface area (TPSA) is 101 Å². The number of aromatic nitrogens is 4. The molecule has 1 aromatic rings. The molecule has 1 rings (SSSR count). The number of rotatable bonds is 5. The highest BCUT2D eigenvalue weighted by Crippen LogP contribution is 2.12. The van der Waals surface area contributed by atoms with Crippen LogP contribution in [0.2, 0.25) is 0 Å². The molecule has 88 valence electrons. The number of carboxylic acids is 1. The lowest BCUT2D eigenvalue weighted by Crippen LogP contribution is -2.27. The number of tetrazole rings is 1. The Morgan fingerprint density at radius 1 is 1.50 bits per heavy atom. The molecule has 8 nitrogen and oxygen atoms in total. The number of carbonyl (C=O) groups excluding carboxylic acids is 1. The molecule has 1 amide bonds. The van der Waals surface area contributed by atoms with Gasteiger partial charge in [-0.05, 0) is 10.4 Å². The van der Waals surface area contributed by atoms with Crippen molar-refractivity contribution < 1.29 is 14.7 Å². The van der Waals surface area contributed by atoms with E-state index in [-0.39, 0.29) is 18.2 Å². The fourth-order valence-electron chi connectivity index (χ4n) is 0.795. The minimum Gasteiger partial charge on any atom is -0.481 e. The third-order valence-corrected chi connectivity index (χ3v) is 2.55. The molecule has 0 aromatic carbocycles. The number of hydrogen-bond donors (Lipinski definition) is 1. The second-order valence-corrected chi connectivity index (χ2v) is 4.03. The number of aliphatic carboxylic acids is 1. The van der Waals surface area contributed by atoms with Gasteiger partial charge in [-0.25, -0.2) is 4.68 Å². The third-order valence-electron chi connectivity index (χ3n) is 1.61. The largest absolute Gasteiger partial charge is 0.481 e. The smallest absolute Gasteiger partial charge is 0.313 e. The molecule has 9 heteroatoms. The lowest BCUT2D eigenvalue weighted by Gasteiger charge is -2.09. The molecular weight excluding hydrogens is 234 g/mol. The number of carboxylic acid groups (broad SMARTS) is 1. The summed E-state index contributed by atoms with van der Waals surface area (Å²) in [6.45, 7) is 0.00194. The van der Waals surface area contributed by atoms with Crippen molar-refractivity contribution in [3.05, 3.63) is 0 Å². The maximum absolute atomic E-state index is 11.4. The van der Waals surface area contributed by atoms with E-state index in [1.807, 2.05) is 0 Å². The molecule has 0 aliphatic rings. The molecule has 0 radical (unpaired) electrons. The Labute approximate surface area is 95.6 Å². The molecular formula is C7H11N5O3S. The molecule has 0 bridgehead atoms. The van der Waals surface area contributed by atoms with Crippen LogP contribution in [0.25, 0.3) is 0 Å². The Balaban J connectivity index is 2.63. The number of likely N-dealkylation sites (N-methyl/N-ethyl adjacent to an activating group) is 1. The Morgan fingerprint density at radius 2 is 2.19 bits per heavy atom. The molecule has 0 aliphatic heterocycles. The minimum absolute atomic E-state index is 0.00194. The van der Waals surface area contributed by atoms with Gasteiger partial charge in [-0.3, -0.25) is 9.59 Å². The highest BCUT2D eigenvalue weighted by molar-refractivity contribution is 7.99. The summed E-state index contributed by atoms with van der Waals surface area (Å²) in [5.41, 5.74) is 0. The lowest BCUT2D eigenvalue weighted by molar-refractivity contribution is -0.134. The highest BCUT2D eigenvalue weighted by Gasteiger charge is 2.13. The van der Waals surface area contributed by atoms with Crippen molar-refractivity contribution in [2.45, 2.75) is 11.7 Å². The molecule has 1 N–H and O–H groups in total. The van der Waals surface area contributed by atoms with Crippen LogP contribution >= 0.6 is 11.8 Å². The van der Waals surface area contributed by atoms with E-state index >= 15 is 0 Å². The van der Waals surface area contributed by atoms with Crippen LogP contribution in [-0.2, 0) is 16.1 Å². The van der Waals surface area contributed by atoms with Crippen molar-refractivity contribution in [3.63, 3.8) is 0 Å². The van der Waals surface area contributed by atoms with E-state index in [4.69, 9.17) is 5.11 Å². The Kier molecular flexibility index (Phi) is 4.23. The third kappa shape index (κ3) is 3.50. The fourth-order valence-corrected chi connectivity index (χ4v) is 1.39. The second kappa shape index (κ2) is 5.45. The van der Waals surface area contributed by atoms with Crippen molar-refractivity contribution in [1.82, 2.24) is 25.1 Å². The van der Waals surface area contributed by atoms with E-state index in [1.54, 1.807) is 14.1 Å². The number of nitrogens with zero attached hydrogens (tertiary/aromatic N) is 5. The average Bonchev–Trinajstić information content (AvgIpc) is 2.62. The van der Waals surface area contributed by atoms with E-state index < -0.39 is 5.97 Å². The summed E-state index contributed by atoms with van der Waals surface area (Å²) in [5.74, 6) is -1.26. The summed E-state index contributed by atoms with van der Waals surface area (Å²) < 4.78 is 1.27. The Hall–Kier alpha value is -1.64. The van der Waals surface area contributed by atoms with E-state index in [0.29, 0.717) is 5.16 Å². The molecule has 0 unspecified atom stereocenters. The van der Waals surface area contributed by atoms with Gasteiger partial charge in [0.15, 0.2) is 0 Å². The first-order valence-electron chi connectivity index (χ1n) is 4.31. The maximum Gasteiger partial charge on any atom is 0.313 e. The van der Waals surface area contributed by atoms with Crippen molar-refractivity contribution in [3.8, 4) is 0 Å². The Bertz CT molecular complexity index is 391. The zero-order valence-electron chi connectivity index (χ0n) is 8.82. The van der Waals surface area contributed by atoms with Crippen molar-refractivity contribution in [1.29, 1.82) is 0 Å². The summed E-state index contributed by atoms with van der Waals surface area (Å²) in [5, 5.41) is 19.4. The van der Waals surface area contributed by atoms with E-state index in [0.717, 1.165) is 11.8 Å². The van der Waals surface area contributed by atoms with Gasteiger partial charge in [-0.15, -0.1) is 5.10 Å². The normalized spacial score (nSPS) is 10.1. The predicted octanol–water partition coefficient (Wildman–Crippen LogP) is -1.06. The molecule has 16 heavy (non-hydrogen) atoms. The van der Waals surface area contributed by atoms with Gasteiger partial charge in [-0.1, -0.05) is 11.8 Å². The average molecular weight is 245 g/mol. The van der Waals surface area contributed by atoms with Gasteiger partial charge < -0.3 is 10.0 Å². The van der Waals surface area contributed by atoms with Gasteiger partial charge in [0, 0.05) is 14.1 Å². The summed E-state index contributed by atoms with van der Waals surface area (Å²) in [6, 6.07) is 0. The standard InChI is InChI=1S/C7H11N5O3S/c1-11(2)5(13)3-12-7(8-9-10-12)16-4-6(14)15/h3-4H2,1-2H3,(H,14,15). The summed E-state index contributed by atoms with van der Waals surface area (Å²) in [6.07, 6.45) is 0. The van der Waals surface area contributed by atoms with Crippen LogP contribution in [0, 0.1) is 0 Å². The van der Waals surface area contributed by atoms with Gasteiger partial charge >= 0.3 is 5.97 Å². The quantitative estimate of drug-likeness (QED) is 0.659. The maximum atomic E-state index is 11.4. The van der Waals surface area contributed by atoms with Crippen molar-refractivity contribution >= 4 is 23.6 Å². The van der Waals surface area contributed by atoms with Crippen LogP contribution in [-0.4, -0.2) is 61.9 Å². The first-order chi connectivity index (χ1) is 7.50.